The van der Waals surface area contributed by atoms with Crippen molar-refractivity contribution in [1.82, 2.24) is 0 Å². The summed E-state index contributed by atoms with van der Waals surface area (Å²) >= 11 is 0. The second-order valence-electron chi connectivity index (χ2n) is 10.9. The second kappa shape index (κ2) is 9.50. The van der Waals surface area contributed by atoms with Crippen LogP contribution in [0.3, 0.4) is 0 Å². The van der Waals surface area contributed by atoms with E-state index in [2.05, 4.69) is 121 Å². The van der Waals surface area contributed by atoms with Gasteiger partial charge in [-0.25, -0.2) is 9.98 Å². The molecule has 4 aromatic carbocycles. The van der Waals surface area contributed by atoms with Crippen molar-refractivity contribution < 1.29 is 0 Å². The third-order valence-corrected chi connectivity index (χ3v) is 7.32. The molecule has 1 aliphatic rings. The zero-order chi connectivity index (χ0) is 25.6. The van der Waals surface area contributed by atoms with Gasteiger partial charge in [0.25, 0.3) is 0 Å². The van der Waals surface area contributed by atoms with Gasteiger partial charge in [-0.3, -0.25) is 0 Å². The van der Waals surface area contributed by atoms with Crippen LogP contribution in [0.15, 0.2) is 82.8 Å². The summed E-state index contributed by atoms with van der Waals surface area (Å²) in [6, 6.07) is 26.2. The van der Waals surface area contributed by atoms with Crippen molar-refractivity contribution in [3.63, 3.8) is 0 Å². The predicted molar refractivity (Wildman–Crippen MR) is 156 cm³/mol. The van der Waals surface area contributed by atoms with Gasteiger partial charge in [0.15, 0.2) is 0 Å². The Bertz CT molecular complexity index is 1480. The highest BCUT2D eigenvalue weighted by atomic mass is 14.8. The molecular weight excluding hydrogens is 436 g/mol. The summed E-state index contributed by atoms with van der Waals surface area (Å²) in [7, 11) is 0. The molecule has 0 bridgehead atoms. The minimum absolute atomic E-state index is 0.381. The SMILES string of the molecule is Cc1cccc(C(C)C)c1N=C1C(=Nc2c(C(C)C)cccc2C(C)C)c2cccc3cccc1c23. The maximum Gasteiger partial charge on any atom is 0.0979 e. The van der Waals surface area contributed by atoms with Crippen molar-refractivity contribution >= 4 is 33.6 Å². The third kappa shape index (κ3) is 4.09. The fraction of sp³-hybridized carbons (Fsp3) is 0.294. The van der Waals surface area contributed by atoms with Crippen molar-refractivity contribution in [3.05, 3.63) is 106 Å². The molecule has 4 aromatic rings. The van der Waals surface area contributed by atoms with E-state index in [1.165, 1.54) is 44.2 Å². The van der Waals surface area contributed by atoms with E-state index in [1.54, 1.807) is 0 Å². The Morgan fingerprint density at radius 1 is 0.500 bits per heavy atom. The topological polar surface area (TPSA) is 24.7 Å². The first kappa shape index (κ1) is 24.2. The summed E-state index contributed by atoms with van der Waals surface area (Å²) in [6.45, 7) is 15.7. The van der Waals surface area contributed by atoms with E-state index < -0.39 is 0 Å². The van der Waals surface area contributed by atoms with E-state index in [0.29, 0.717) is 17.8 Å². The van der Waals surface area contributed by atoms with Crippen LogP contribution in [0.2, 0.25) is 0 Å². The standard InChI is InChI=1S/C34H36N2/c1-20(2)25-15-8-12-23(7)31(25)35-33-28-18-9-13-24-14-10-19-29(30(24)28)34(33)36-32-26(21(3)4)16-11-17-27(32)22(5)6/h8-22H,1-7H3. The van der Waals surface area contributed by atoms with Crippen molar-refractivity contribution in [3.8, 4) is 0 Å². The zero-order valence-corrected chi connectivity index (χ0v) is 22.6. The van der Waals surface area contributed by atoms with Crippen LogP contribution in [0.4, 0.5) is 11.4 Å². The normalized spacial score (nSPS) is 15.4. The molecule has 5 rings (SSSR count). The van der Waals surface area contributed by atoms with E-state index in [0.717, 1.165) is 22.8 Å². The molecule has 0 radical (unpaired) electrons. The molecular formula is C34H36N2. The number of aryl methyl sites for hydroxylation is 1. The summed E-state index contributed by atoms with van der Waals surface area (Å²) in [6.07, 6.45) is 0. The smallest absolute Gasteiger partial charge is 0.0979 e. The van der Waals surface area contributed by atoms with E-state index in [-0.39, 0.29) is 0 Å². The Morgan fingerprint density at radius 2 is 0.917 bits per heavy atom. The first-order chi connectivity index (χ1) is 17.3. The van der Waals surface area contributed by atoms with Gasteiger partial charge in [0, 0.05) is 16.5 Å². The molecule has 2 heteroatoms. The second-order valence-corrected chi connectivity index (χ2v) is 10.9. The zero-order valence-electron chi connectivity index (χ0n) is 22.6. The molecule has 0 unspecified atom stereocenters. The summed E-state index contributed by atoms with van der Waals surface area (Å²) < 4.78 is 0. The van der Waals surface area contributed by atoms with Crippen LogP contribution >= 0.6 is 0 Å². The lowest BCUT2D eigenvalue weighted by atomic mass is 9.92. The number of para-hydroxylation sites is 2. The van der Waals surface area contributed by atoms with Crippen molar-refractivity contribution in [1.29, 1.82) is 0 Å². The predicted octanol–water partition coefficient (Wildman–Crippen LogP) is 9.77. The molecule has 0 saturated carbocycles. The van der Waals surface area contributed by atoms with Crippen LogP contribution in [-0.2, 0) is 0 Å². The van der Waals surface area contributed by atoms with Crippen LogP contribution in [-0.4, -0.2) is 11.4 Å². The van der Waals surface area contributed by atoms with Crippen LogP contribution in [0.25, 0.3) is 10.8 Å². The molecule has 36 heavy (non-hydrogen) atoms. The van der Waals surface area contributed by atoms with Crippen molar-refractivity contribution in [2.75, 3.05) is 0 Å². The van der Waals surface area contributed by atoms with Crippen molar-refractivity contribution in [2.45, 2.75) is 66.2 Å². The van der Waals surface area contributed by atoms with Gasteiger partial charge in [0.05, 0.1) is 22.8 Å². The summed E-state index contributed by atoms with van der Waals surface area (Å²) in [4.78, 5) is 10.9. The lowest BCUT2D eigenvalue weighted by Crippen LogP contribution is -2.11. The molecule has 0 fully saturated rings. The molecule has 0 aliphatic heterocycles. The lowest BCUT2D eigenvalue weighted by Gasteiger charge is -2.18. The number of hydrogen-bond donors (Lipinski definition) is 0. The Labute approximate surface area is 215 Å². The number of aliphatic imine (C=N–C) groups is 2. The summed E-state index contributed by atoms with van der Waals surface area (Å²) in [5.41, 5.74) is 11.5. The fourth-order valence-corrected chi connectivity index (χ4v) is 5.38. The highest BCUT2D eigenvalue weighted by molar-refractivity contribution is 6.61. The van der Waals surface area contributed by atoms with Gasteiger partial charge in [-0.1, -0.05) is 114 Å². The van der Waals surface area contributed by atoms with E-state index in [1.807, 2.05) is 0 Å². The molecule has 0 heterocycles. The monoisotopic (exact) mass is 472 g/mol. The van der Waals surface area contributed by atoms with Crippen LogP contribution in [0, 0.1) is 6.92 Å². The van der Waals surface area contributed by atoms with Gasteiger partial charge in [-0.05, 0) is 52.3 Å². The molecule has 0 N–H and O–H groups in total. The lowest BCUT2D eigenvalue weighted by molar-refractivity contribution is 0.835. The van der Waals surface area contributed by atoms with E-state index in [9.17, 15) is 0 Å². The molecule has 0 spiro atoms. The Hall–Kier alpha value is -3.52. The molecule has 182 valence electrons. The van der Waals surface area contributed by atoms with E-state index >= 15 is 0 Å². The molecule has 2 nitrogen and oxygen atoms in total. The van der Waals surface area contributed by atoms with Gasteiger partial charge in [0.1, 0.15) is 0 Å². The number of benzene rings is 4. The summed E-state index contributed by atoms with van der Waals surface area (Å²) in [5.74, 6) is 1.15. The molecule has 0 amide bonds. The Morgan fingerprint density at radius 3 is 1.42 bits per heavy atom. The maximum absolute atomic E-state index is 5.51. The third-order valence-electron chi connectivity index (χ3n) is 7.32. The first-order valence-corrected chi connectivity index (χ1v) is 13.2. The van der Waals surface area contributed by atoms with Gasteiger partial charge in [0.2, 0.25) is 0 Å². The average molecular weight is 473 g/mol. The molecule has 0 atom stereocenters. The molecule has 1 aliphatic carbocycles. The van der Waals surface area contributed by atoms with Crippen LogP contribution in [0.5, 0.6) is 0 Å². The quantitative estimate of drug-likeness (QED) is 0.276. The molecule has 0 aromatic heterocycles. The van der Waals surface area contributed by atoms with Gasteiger partial charge in [-0.2, -0.15) is 0 Å². The molecule has 0 saturated heterocycles. The Kier molecular flexibility index (Phi) is 6.38. The largest absolute Gasteiger partial charge is 0.246 e. The highest BCUT2D eigenvalue weighted by Crippen LogP contribution is 2.40. The number of nitrogens with zero attached hydrogens (tertiary/aromatic N) is 2. The average Bonchev–Trinajstić information content (AvgIpc) is 3.14. The minimum atomic E-state index is 0.381. The first-order valence-electron chi connectivity index (χ1n) is 13.2. The van der Waals surface area contributed by atoms with Gasteiger partial charge >= 0.3 is 0 Å². The van der Waals surface area contributed by atoms with Crippen LogP contribution < -0.4 is 0 Å². The van der Waals surface area contributed by atoms with Gasteiger partial charge < -0.3 is 0 Å². The van der Waals surface area contributed by atoms with Crippen LogP contribution in [0.1, 0.15) is 92.7 Å². The number of rotatable bonds is 5. The fourth-order valence-electron chi connectivity index (χ4n) is 5.38. The van der Waals surface area contributed by atoms with E-state index in [4.69, 9.17) is 9.98 Å². The summed E-state index contributed by atoms with van der Waals surface area (Å²) in [5, 5.41) is 2.49. The highest BCUT2D eigenvalue weighted by Gasteiger charge is 2.29. The minimum Gasteiger partial charge on any atom is -0.246 e. The van der Waals surface area contributed by atoms with Gasteiger partial charge in [-0.15, -0.1) is 0 Å². The number of hydrogen-bond acceptors (Lipinski definition) is 2. The maximum atomic E-state index is 5.51. The van der Waals surface area contributed by atoms with Crippen molar-refractivity contribution in [2.24, 2.45) is 9.98 Å². The Balaban J connectivity index is 1.86.